The van der Waals surface area contributed by atoms with Crippen LogP contribution in [0.1, 0.15) is 21.6 Å². The number of carbonyl (C=O) groups excluding carboxylic acids is 1. The minimum absolute atomic E-state index is 0.250. The predicted octanol–water partition coefficient (Wildman–Crippen LogP) is 2.76. The van der Waals surface area contributed by atoms with E-state index < -0.39 is 0 Å². The highest BCUT2D eigenvalue weighted by Crippen LogP contribution is 2.32. The van der Waals surface area contributed by atoms with Crippen molar-refractivity contribution in [1.82, 2.24) is 15.5 Å². The third-order valence-electron chi connectivity index (χ3n) is 4.42. The van der Waals surface area contributed by atoms with Gasteiger partial charge in [-0.15, -0.1) is 10.2 Å². The summed E-state index contributed by atoms with van der Waals surface area (Å²) in [6.07, 6.45) is 0. The molecule has 0 radical (unpaired) electrons. The second-order valence-corrected chi connectivity index (χ2v) is 6.38. The molecule has 8 heteroatoms. The Kier molecular flexibility index (Phi) is 5.42. The Labute approximate surface area is 167 Å². The number of carbonyl (C=O) groups is 1. The predicted molar refractivity (Wildman–Crippen MR) is 106 cm³/mol. The van der Waals surface area contributed by atoms with Gasteiger partial charge in [-0.25, -0.2) is 0 Å². The van der Waals surface area contributed by atoms with Gasteiger partial charge in [0, 0.05) is 13.1 Å². The molecule has 1 aliphatic heterocycles. The van der Waals surface area contributed by atoms with Crippen LogP contribution in [0, 0.1) is 0 Å². The Morgan fingerprint density at radius 2 is 1.76 bits per heavy atom. The molecule has 29 heavy (non-hydrogen) atoms. The van der Waals surface area contributed by atoms with Crippen LogP contribution in [0.5, 0.6) is 17.2 Å². The molecule has 1 aromatic heterocycles. The third kappa shape index (κ3) is 4.55. The van der Waals surface area contributed by atoms with Crippen LogP contribution in [0.4, 0.5) is 5.82 Å². The Morgan fingerprint density at radius 3 is 2.52 bits per heavy atom. The van der Waals surface area contributed by atoms with Crippen molar-refractivity contribution in [3.05, 3.63) is 71.4 Å². The summed E-state index contributed by atoms with van der Waals surface area (Å²) >= 11 is 0. The van der Waals surface area contributed by atoms with E-state index in [1.165, 1.54) is 0 Å². The molecule has 0 atom stereocenters. The van der Waals surface area contributed by atoms with Gasteiger partial charge in [0.15, 0.2) is 17.2 Å². The molecule has 3 aromatic rings. The summed E-state index contributed by atoms with van der Waals surface area (Å²) in [6, 6.07) is 16.6. The Morgan fingerprint density at radius 1 is 0.966 bits per heavy atom. The highest BCUT2D eigenvalue weighted by Gasteiger charge is 2.13. The molecule has 0 fully saturated rings. The first kappa shape index (κ1) is 18.5. The quantitative estimate of drug-likeness (QED) is 0.638. The van der Waals surface area contributed by atoms with E-state index in [1.807, 2.05) is 42.5 Å². The number of aromatic nitrogens is 2. The highest BCUT2D eigenvalue weighted by atomic mass is 16.7. The van der Waals surface area contributed by atoms with Gasteiger partial charge in [-0.05, 0) is 47.5 Å². The number of hydrogen-bond donors (Lipinski definition) is 2. The molecule has 2 aromatic carbocycles. The number of fused-ring (bicyclic) bond motifs is 1. The van der Waals surface area contributed by atoms with Crippen LogP contribution in [0.25, 0.3) is 0 Å². The first-order valence-electron chi connectivity index (χ1n) is 9.08. The van der Waals surface area contributed by atoms with Crippen LogP contribution in [-0.4, -0.2) is 30.0 Å². The SMILES string of the molecule is COc1ccc(CNC(=O)c2ccc(NCc3ccc4c(c3)OCO4)nn2)cc1. The maximum absolute atomic E-state index is 12.3. The minimum atomic E-state index is -0.282. The fourth-order valence-electron chi connectivity index (χ4n) is 2.81. The molecule has 0 saturated carbocycles. The standard InChI is InChI=1S/C21H20N4O4/c1-27-16-5-2-14(3-6-16)11-23-21(26)17-7-9-20(25-24-17)22-12-15-4-8-18-19(10-15)29-13-28-18/h2-10H,11-13H2,1H3,(H,22,25)(H,23,26). The van der Waals surface area contributed by atoms with E-state index in [0.717, 1.165) is 28.4 Å². The van der Waals surface area contributed by atoms with E-state index in [9.17, 15) is 4.79 Å². The fourth-order valence-corrected chi connectivity index (χ4v) is 2.81. The smallest absolute Gasteiger partial charge is 0.272 e. The second-order valence-electron chi connectivity index (χ2n) is 6.38. The van der Waals surface area contributed by atoms with Crippen LogP contribution in [-0.2, 0) is 13.1 Å². The molecule has 2 N–H and O–H groups in total. The lowest BCUT2D eigenvalue weighted by Crippen LogP contribution is -2.24. The third-order valence-corrected chi connectivity index (χ3v) is 4.42. The van der Waals surface area contributed by atoms with Gasteiger partial charge >= 0.3 is 0 Å². The van der Waals surface area contributed by atoms with Gasteiger partial charge in [0.05, 0.1) is 7.11 Å². The van der Waals surface area contributed by atoms with E-state index in [1.54, 1.807) is 19.2 Å². The molecule has 0 bridgehead atoms. The Bertz CT molecular complexity index is 991. The molecule has 1 aliphatic rings. The number of nitrogens with one attached hydrogen (secondary N) is 2. The van der Waals surface area contributed by atoms with Crippen LogP contribution >= 0.6 is 0 Å². The Hall–Kier alpha value is -3.81. The van der Waals surface area contributed by atoms with Crippen molar-refractivity contribution in [1.29, 1.82) is 0 Å². The van der Waals surface area contributed by atoms with Gasteiger partial charge in [-0.3, -0.25) is 4.79 Å². The zero-order valence-corrected chi connectivity index (χ0v) is 15.8. The number of hydrogen-bond acceptors (Lipinski definition) is 7. The number of methoxy groups -OCH3 is 1. The molecule has 0 aliphatic carbocycles. The van der Waals surface area contributed by atoms with E-state index in [0.29, 0.717) is 18.9 Å². The van der Waals surface area contributed by atoms with Crippen molar-refractivity contribution in [3.8, 4) is 17.2 Å². The van der Waals surface area contributed by atoms with Crippen molar-refractivity contribution in [3.63, 3.8) is 0 Å². The first-order chi connectivity index (χ1) is 14.2. The maximum atomic E-state index is 12.3. The number of anilines is 1. The number of amides is 1. The number of rotatable bonds is 7. The van der Waals surface area contributed by atoms with Gasteiger partial charge in [-0.2, -0.15) is 0 Å². The largest absolute Gasteiger partial charge is 0.497 e. The average molecular weight is 392 g/mol. The fraction of sp³-hybridized carbons (Fsp3) is 0.190. The van der Waals surface area contributed by atoms with Crippen molar-refractivity contribution in [2.45, 2.75) is 13.1 Å². The summed E-state index contributed by atoms with van der Waals surface area (Å²) in [5, 5.41) is 14.1. The van der Waals surface area contributed by atoms with Gasteiger partial charge in [0.25, 0.3) is 5.91 Å². The number of benzene rings is 2. The molecule has 4 rings (SSSR count). The first-order valence-corrected chi connectivity index (χ1v) is 9.08. The molecule has 2 heterocycles. The molecule has 0 saturated heterocycles. The van der Waals surface area contributed by atoms with Gasteiger partial charge in [0.2, 0.25) is 6.79 Å². The average Bonchev–Trinajstić information content (AvgIpc) is 3.24. The zero-order valence-electron chi connectivity index (χ0n) is 15.8. The summed E-state index contributed by atoms with van der Waals surface area (Å²) in [7, 11) is 1.61. The highest BCUT2D eigenvalue weighted by molar-refractivity contribution is 5.92. The molecule has 1 amide bonds. The summed E-state index contributed by atoms with van der Waals surface area (Å²) in [4.78, 5) is 12.3. The van der Waals surface area contributed by atoms with Crippen LogP contribution in [0.15, 0.2) is 54.6 Å². The lowest BCUT2D eigenvalue weighted by molar-refractivity contribution is 0.0945. The summed E-state index contributed by atoms with van der Waals surface area (Å²) < 4.78 is 15.8. The Balaban J connectivity index is 1.29. The van der Waals surface area contributed by atoms with E-state index in [2.05, 4.69) is 20.8 Å². The number of nitrogens with zero attached hydrogens (tertiary/aromatic N) is 2. The zero-order chi connectivity index (χ0) is 20.1. The topological polar surface area (TPSA) is 94.6 Å². The molecule has 0 spiro atoms. The molecular weight excluding hydrogens is 372 g/mol. The summed E-state index contributed by atoms with van der Waals surface area (Å²) in [5.41, 5.74) is 2.25. The number of ether oxygens (including phenoxy) is 3. The van der Waals surface area contributed by atoms with Crippen molar-refractivity contribution >= 4 is 11.7 Å². The van der Waals surface area contributed by atoms with E-state index in [4.69, 9.17) is 14.2 Å². The minimum Gasteiger partial charge on any atom is -0.497 e. The normalized spacial score (nSPS) is 11.8. The monoisotopic (exact) mass is 392 g/mol. The van der Waals surface area contributed by atoms with Gasteiger partial charge in [0.1, 0.15) is 11.6 Å². The van der Waals surface area contributed by atoms with Crippen LogP contribution < -0.4 is 24.8 Å². The van der Waals surface area contributed by atoms with Gasteiger partial charge in [-0.1, -0.05) is 18.2 Å². The van der Waals surface area contributed by atoms with Crippen LogP contribution in [0.3, 0.4) is 0 Å². The summed E-state index contributed by atoms with van der Waals surface area (Å²) in [6.45, 7) is 1.20. The molecule has 8 nitrogen and oxygen atoms in total. The van der Waals surface area contributed by atoms with Crippen molar-refractivity contribution in [2.75, 3.05) is 19.2 Å². The van der Waals surface area contributed by atoms with Gasteiger partial charge < -0.3 is 24.8 Å². The molecular formula is C21H20N4O4. The van der Waals surface area contributed by atoms with E-state index >= 15 is 0 Å². The maximum Gasteiger partial charge on any atom is 0.272 e. The lowest BCUT2D eigenvalue weighted by Gasteiger charge is -2.08. The second kappa shape index (κ2) is 8.47. The molecule has 148 valence electrons. The van der Waals surface area contributed by atoms with Crippen molar-refractivity contribution in [2.24, 2.45) is 0 Å². The van der Waals surface area contributed by atoms with Crippen LogP contribution in [0.2, 0.25) is 0 Å². The lowest BCUT2D eigenvalue weighted by atomic mass is 10.2. The van der Waals surface area contributed by atoms with Crippen molar-refractivity contribution < 1.29 is 19.0 Å². The molecule has 0 unspecified atom stereocenters. The summed E-state index contributed by atoms with van der Waals surface area (Å²) in [5.74, 6) is 2.55. The van der Waals surface area contributed by atoms with E-state index in [-0.39, 0.29) is 18.4 Å².